The number of hydrogen-bond acceptors (Lipinski definition) is 3. The summed E-state index contributed by atoms with van der Waals surface area (Å²) in [6.07, 6.45) is -3.02. The predicted molar refractivity (Wildman–Crippen MR) is 98.6 cm³/mol. The molecule has 0 aliphatic carbocycles. The highest BCUT2D eigenvalue weighted by molar-refractivity contribution is 5.79. The van der Waals surface area contributed by atoms with Gasteiger partial charge in [-0.15, -0.1) is 0 Å². The summed E-state index contributed by atoms with van der Waals surface area (Å²) in [4.78, 5) is 8.38. The Morgan fingerprint density at radius 3 is 2.56 bits per heavy atom. The highest BCUT2D eigenvalue weighted by Crippen LogP contribution is 2.19. The largest absolute Gasteiger partial charge is 0.468 e. The SMILES string of the molecule is CCNC(=NCc1ccc(C)cc1)NCc1cccnc1OCC(F)(F)F. The Morgan fingerprint density at radius 2 is 1.89 bits per heavy atom. The average Bonchev–Trinajstić information content (AvgIpc) is 2.63. The number of halogens is 3. The van der Waals surface area contributed by atoms with Gasteiger partial charge >= 0.3 is 6.18 Å². The number of aliphatic imine (C=N–C) groups is 1. The first-order valence-electron chi connectivity index (χ1n) is 8.58. The van der Waals surface area contributed by atoms with Gasteiger partial charge < -0.3 is 15.4 Å². The number of benzene rings is 1. The molecule has 0 unspecified atom stereocenters. The van der Waals surface area contributed by atoms with Gasteiger partial charge in [-0.05, 0) is 25.5 Å². The van der Waals surface area contributed by atoms with E-state index in [4.69, 9.17) is 4.74 Å². The molecule has 0 bridgehead atoms. The van der Waals surface area contributed by atoms with Crippen molar-refractivity contribution in [1.29, 1.82) is 0 Å². The van der Waals surface area contributed by atoms with Gasteiger partial charge in [0.25, 0.3) is 0 Å². The standard InChI is InChI=1S/C19H23F3N4O/c1-3-23-18(25-11-15-8-6-14(2)7-9-15)26-12-16-5-4-10-24-17(16)27-13-19(20,21)22/h4-10H,3,11-13H2,1-2H3,(H2,23,25,26). The van der Waals surface area contributed by atoms with Crippen molar-refractivity contribution in [3.05, 3.63) is 59.3 Å². The van der Waals surface area contributed by atoms with E-state index in [1.165, 1.54) is 11.8 Å². The van der Waals surface area contributed by atoms with Crippen molar-refractivity contribution in [3.63, 3.8) is 0 Å². The summed E-state index contributed by atoms with van der Waals surface area (Å²) in [7, 11) is 0. The molecule has 27 heavy (non-hydrogen) atoms. The van der Waals surface area contributed by atoms with Gasteiger partial charge in [0.05, 0.1) is 6.54 Å². The zero-order valence-corrected chi connectivity index (χ0v) is 15.3. The molecule has 0 radical (unpaired) electrons. The summed E-state index contributed by atoms with van der Waals surface area (Å²) in [5, 5.41) is 6.20. The number of rotatable bonds is 7. The van der Waals surface area contributed by atoms with Crippen LogP contribution in [0.4, 0.5) is 13.2 Å². The number of alkyl halides is 3. The fraction of sp³-hybridized carbons (Fsp3) is 0.368. The summed E-state index contributed by atoms with van der Waals surface area (Å²) in [6.45, 7) is 3.96. The number of aromatic nitrogens is 1. The first kappa shape index (κ1) is 20.5. The minimum Gasteiger partial charge on any atom is -0.468 e. The number of ether oxygens (including phenoxy) is 1. The smallest absolute Gasteiger partial charge is 0.422 e. The summed E-state index contributed by atoms with van der Waals surface area (Å²) < 4.78 is 41.9. The molecule has 1 aromatic carbocycles. The van der Waals surface area contributed by atoms with E-state index in [0.717, 1.165) is 5.56 Å². The Balaban J connectivity index is 2.00. The molecule has 0 fully saturated rings. The topological polar surface area (TPSA) is 58.5 Å². The van der Waals surface area contributed by atoms with Crippen LogP contribution in [0.15, 0.2) is 47.6 Å². The number of aryl methyl sites for hydroxylation is 1. The van der Waals surface area contributed by atoms with Crippen LogP contribution in [-0.4, -0.2) is 30.3 Å². The van der Waals surface area contributed by atoms with Gasteiger partial charge in [-0.25, -0.2) is 9.98 Å². The number of pyridine rings is 1. The van der Waals surface area contributed by atoms with Crippen LogP contribution >= 0.6 is 0 Å². The van der Waals surface area contributed by atoms with E-state index in [-0.39, 0.29) is 12.4 Å². The fourth-order valence-corrected chi connectivity index (χ4v) is 2.22. The van der Waals surface area contributed by atoms with Crippen LogP contribution in [0.5, 0.6) is 5.88 Å². The van der Waals surface area contributed by atoms with E-state index in [1.54, 1.807) is 12.1 Å². The van der Waals surface area contributed by atoms with Crippen LogP contribution in [-0.2, 0) is 13.1 Å². The molecule has 2 rings (SSSR count). The molecule has 1 aromatic heterocycles. The van der Waals surface area contributed by atoms with Crippen molar-refractivity contribution < 1.29 is 17.9 Å². The van der Waals surface area contributed by atoms with E-state index in [2.05, 4.69) is 20.6 Å². The van der Waals surface area contributed by atoms with Crippen LogP contribution in [0.25, 0.3) is 0 Å². The molecule has 0 spiro atoms. The van der Waals surface area contributed by atoms with E-state index >= 15 is 0 Å². The average molecular weight is 380 g/mol. The van der Waals surface area contributed by atoms with Crippen molar-refractivity contribution in [3.8, 4) is 5.88 Å². The predicted octanol–water partition coefficient (Wildman–Crippen LogP) is 3.59. The summed E-state index contributed by atoms with van der Waals surface area (Å²) >= 11 is 0. The van der Waals surface area contributed by atoms with Crippen molar-refractivity contribution >= 4 is 5.96 Å². The van der Waals surface area contributed by atoms with Gasteiger partial charge in [0.2, 0.25) is 5.88 Å². The molecule has 0 saturated heterocycles. The van der Waals surface area contributed by atoms with Gasteiger partial charge in [0.1, 0.15) is 0 Å². The lowest BCUT2D eigenvalue weighted by atomic mass is 10.1. The van der Waals surface area contributed by atoms with Crippen LogP contribution in [0.1, 0.15) is 23.6 Å². The van der Waals surface area contributed by atoms with E-state index < -0.39 is 12.8 Å². The zero-order valence-electron chi connectivity index (χ0n) is 15.3. The first-order chi connectivity index (χ1) is 12.9. The van der Waals surface area contributed by atoms with E-state index in [9.17, 15) is 13.2 Å². The van der Waals surface area contributed by atoms with Gasteiger partial charge in [-0.1, -0.05) is 35.9 Å². The molecule has 8 heteroatoms. The first-order valence-corrected chi connectivity index (χ1v) is 8.58. The van der Waals surface area contributed by atoms with Crippen LogP contribution < -0.4 is 15.4 Å². The van der Waals surface area contributed by atoms with Gasteiger partial charge in [-0.3, -0.25) is 0 Å². The lowest BCUT2D eigenvalue weighted by Gasteiger charge is -2.14. The highest BCUT2D eigenvalue weighted by atomic mass is 19.4. The molecular weight excluding hydrogens is 357 g/mol. The van der Waals surface area contributed by atoms with Gasteiger partial charge in [0.15, 0.2) is 12.6 Å². The number of guanidine groups is 1. The second-order valence-electron chi connectivity index (χ2n) is 5.91. The van der Waals surface area contributed by atoms with Crippen molar-refractivity contribution in [1.82, 2.24) is 15.6 Å². The Hall–Kier alpha value is -2.77. The molecule has 2 aromatic rings. The molecule has 0 atom stereocenters. The molecule has 0 aliphatic heterocycles. The highest BCUT2D eigenvalue weighted by Gasteiger charge is 2.29. The Morgan fingerprint density at radius 1 is 1.15 bits per heavy atom. The molecule has 0 amide bonds. The van der Waals surface area contributed by atoms with Crippen LogP contribution in [0, 0.1) is 6.92 Å². The third kappa shape index (κ3) is 7.55. The Bertz CT molecular complexity index is 745. The maximum atomic E-state index is 12.4. The molecule has 0 aliphatic rings. The van der Waals surface area contributed by atoms with Gasteiger partial charge in [0, 0.05) is 24.8 Å². The Labute approximate surface area is 156 Å². The third-order valence-corrected chi connectivity index (χ3v) is 3.55. The second-order valence-corrected chi connectivity index (χ2v) is 5.91. The molecule has 2 N–H and O–H groups in total. The maximum absolute atomic E-state index is 12.4. The second kappa shape index (κ2) is 9.80. The number of hydrogen-bond donors (Lipinski definition) is 2. The minimum atomic E-state index is -4.41. The third-order valence-electron chi connectivity index (χ3n) is 3.55. The molecule has 146 valence electrons. The lowest BCUT2D eigenvalue weighted by Crippen LogP contribution is -2.37. The van der Waals surface area contributed by atoms with Crippen molar-refractivity contribution in [2.24, 2.45) is 4.99 Å². The Kier molecular flexibility index (Phi) is 7.45. The van der Waals surface area contributed by atoms with Crippen molar-refractivity contribution in [2.75, 3.05) is 13.2 Å². The fourth-order valence-electron chi connectivity index (χ4n) is 2.22. The normalized spacial score (nSPS) is 12.0. The molecular formula is C19H23F3N4O. The van der Waals surface area contributed by atoms with E-state index in [1.807, 2.05) is 38.1 Å². The maximum Gasteiger partial charge on any atom is 0.422 e. The van der Waals surface area contributed by atoms with Gasteiger partial charge in [-0.2, -0.15) is 13.2 Å². The quantitative estimate of drug-likeness (QED) is 0.569. The van der Waals surface area contributed by atoms with Crippen LogP contribution in [0.2, 0.25) is 0 Å². The van der Waals surface area contributed by atoms with Crippen molar-refractivity contribution in [2.45, 2.75) is 33.1 Å². The minimum absolute atomic E-state index is 0.0447. The monoisotopic (exact) mass is 380 g/mol. The zero-order chi connectivity index (χ0) is 19.7. The van der Waals surface area contributed by atoms with Crippen LogP contribution in [0.3, 0.4) is 0 Å². The molecule has 1 heterocycles. The summed E-state index contributed by atoms with van der Waals surface area (Å²) in [6, 6.07) is 11.4. The number of nitrogens with one attached hydrogen (secondary N) is 2. The molecule has 5 nitrogen and oxygen atoms in total. The summed E-state index contributed by atoms with van der Waals surface area (Å²) in [5.74, 6) is 0.514. The lowest BCUT2D eigenvalue weighted by molar-refractivity contribution is -0.154. The molecule has 0 saturated carbocycles. The number of nitrogens with zero attached hydrogens (tertiary/aromatic N) is 2. The van der Waals surface area contributed by atoms with E-state index in [0.29, 0.717) is 24.6 Å². The summed E-state index contributed by atoms with van der Waals surface area (Å²) in [5.41, 5.74) is 2.76.